The van der Waals surface area contributed by atoms with E-state index in [1.165, 1.54) is 0 Å². The molecule has 0 aliphatic heterocycles. The van der Waals surface area contributed by atoms with E-state index in [-0.39, 0.29) is 18.0 Å². The van der Waals surface area contributed by atoms with Gasteiger partial charge in [0.25, 0.3) is 5.91 Å². The van der Waals surface area contributed by atoms with E-state index >= 15 is 0 Å². The van der Waals surface area contributed by atoms with Crippen molar-refractivity contribution in [3.8, 4) is 0 Å². The lowest BCUT2D eigenvalue weighted by Crippen LogP contribution is -2.54. The maximum Gasteiger partial charge on any atom is 0.407 e. The van der Waals surface area contributed by atoms with Crippen molar-refractivity contribution in [3.63, 3.8) is 0 Å². The molecule has 126 valence electrons. The molecule has 0 spiro atoms. The van der Waals surface area contributed by atoms with Crippen LogP contribution in [0.4, 0.5) is 4.79 Å². The van der Waals surface area contributed by atoms with Crippen LogP contribution in [0, 0.1) is 0 Å². The van der Waals surface area contributed by atoms with E-state index < -0.39 is 11.7 Å². The molecule has 6 heteroatoms. The van der Waals surface area contributed by atoms with Crippen LogP contribution in [0.15, 0.2) is 24.4 Å². The summed E-state index contributed by atoms with van der Waals surface area (Å²) >= 11 is 0. The molecule has 0 bridgehead atoms. The van der Waals surface area contributed by atoms with Gasteiger partial charge in [-0.2, -0.15) is 0 Å². The Balaban J connectivity index is 1.95. The average Bonchev–Trinajstić information content (AvgIpc) is 2.48. The summed E-state index contributed by atoms with van der Waals surface area (Å²) in [4.78, 5) is 28.3. The Bertz CT molecular complexity index is 540. The van der Waals surface area contributed by atoms with Gasteiger partial charge in [0.1, 0.15) is 11.3 Å². The Kier molecular flexibility index (Phi) is 5.58. The van der Waals surface area contributed by atoms with E-state index in [1.54, 1.807) is 24.4 Å². The first-order valence-corrected chi connectivity index (χ1v) is 8.06. The van der Waals surface area contributed by atoms with Gasteiger partial charge in [0, 0.05) is 12.2 Å². The Morgan fingerprint density at radius 1 is 1.13 bits per heavy atom. The second-order valence-corrected chi connectivity index (χ2v) is 6.83. The number of hydrogen-bond acceptors (Lipinski definition) is 4. The van der Waals surface area contributed by atoms with Gasteiger partial charge in [-0.25, -0.2) is 4.79 Å². The zero-order valence-corrected chi connectivity index (χ0v) is 14.0. The molecular weight excluding hydrogens is 294 g/mol. The molecule has 2 amide bonds. The van der Waals surface area contributed by atoms with Crippen molar-refractivity contribution < 1.29 is 14.3 Å². The van der Waals surface area contributed by atoms with Crippen molar-refractivity contribution in [1.82, 2.24) is 15.6 Å². The van der Waals surface area contributed by atoms with Crippen molar-refractivity contribution in [1.29, 1.82) is 0 Å². The predicted molar refractivity (Wildman–Crippen MR) is 87.1 cm³/mol. The summed E-state index contributed by atoms with van der Waals surface area (Å²) in [5, 5.41) is 5.87. The normalized spacial score (nSPS) is 21.3. The first-order valence-electron chi connectivity index (χ1n) is 8.06. The molecule has 1 heterocycles. The minimum atomic E-state index is -0.536. The van der Waals surface area contributed by atoms with Crippen LogP contribution < -0.4 is 10.6 Å². The third-order valence-electron chi connectivity index (χ3n) is 3.68. The molecule has 2 atom stereocenters. The molecule has 23 heavy (non-hydrogen) atoms. The van der Waals surface area contributed by atoms with Crippen LogP contribution >= 0.6 is 0 Å². The molecule has 2 N–H and O–H groups in total. The Morgan fingerprint density at radius 2 is 1.78 bits per heavy atom. The summed E-state index contributed by atoms with van der Waals surface area (Å²) in [7, 11) is 0. The molecule has 1 aromatic heterocycles. The highest BCUT2D eigenvalue weighted by Gasteiger charge is 2.29. The van der Waals surface area contributed by atoms with Crippen LogP contribution in [0.2, 0.25) is 0 Å². The third kappa shape index (κ3) is 5.54. The number of carbonyl (C=O) groups excluding carboxylic acids is 2. The molecular formula is C17H25N3O3. The molecule has 1 fully saturated rings. The van der Waals surface area contributed by atoms with Gasteiger partial charge < -0.3 is 15.4 Å². The number of nitrogens with zero attached hydrogens (tertiary/aromatic N) is 1. The largest absolute Gasteiger partial charge is 0.444 e. The van der Waals surface area contributed by atoms with Crippen molar-refractivity contribution >= 4 is 12.0 Å². The van der Waals surface area contributed by atoms with Gasteiger partial charge in [-0.05, 0) is 45.7 Å². The number of alkyl carbamates (subject to hydrolysis) is 1. The maximum absolute atomic E-state index is 12.3. The number of pyridine rings is 1. The predicted octanol–water partition coefficient (Wildman–Crippen LogP) is 2.65. The smallest absolute Gasteiger partial charge is 0.407 e. The SMILES string of the molecule is CC(C)(C)OC(=O)NC1CCCCC1NC(=O)c1ccccn1. The molecule has 2 rings (SSSR count). The fourth-order valence-corrected chi connectivity index (χ4v) is 2.67. The zero-order valence-electron chi connectivity index (χ0n) is 14.0. The van der Waals surface area contributed by atoms with Crippen LogP contribution in [-0.2, 0) is 4.74 Å². The number of nitrogens with one attached hydrogen (secondary N) is 2. The molecule has 0 aromatic carbocycles. The molecule has 1 aromatic rings. The second kappa shape index (κ2) is 7.44. The Labute approximate surface area is 137 Å². The zero-order chi connectivity index (χ0) is 16.9. The first-order chi connectivity index (χ1) is 10.8. The van der Waals surface area contributed by atoms with E-state index in [1.807, 2.05) is 20.8 Å². The number of hydrogen-bond donors (Lipinski definition) is 2. The first kappa shape index (κ1) is 17.2. The summed E-state index contributed by atoms with van der Waals surface area (Å²) in [5.41, 5.74) is -0.153. The van der Waals surface area contributed by atoms with E-state index in [2.05, 4.69) is 15.6 Å². The van der Waals surface area contributed by atoms with E-state index in [0.29, 0.717) is 5.69 Å². The maximum atomic E-state index is 12.3. The molecule has 2 unspecified atom stereocenters. The lowest BCUT2D eigenvalue weighted by molar-refractivity contribution is 0.0474. The van der Waals surface area contributed by atoms with Gasteiger partial charge in [0.15, 0.2) is 0 Å². The molecule has 1 aliphatic carbocycles. The van der Waals surface area contributed by atoms with Crippen LogP contribution in [0.25, 0.3) is 0 Å². The summed E-state index contributed by atoms with van der Waals surface area (Å²) < 4.78 is 5.30. The number of aromatic nitrogens is 1. The number of amides is 2. The van der Waals surface area contributed by atoms with Crippen LogP contribution in [0.5, 0.6) is 0 Å². The van der Waals surface area contributed by atoms with E-state index in [0.717, 1.165) is 25.7 Å². The molecule has 0 saturated heterocycles. The lowest BCUT2D eigenvalue weighted by Gasteiger charge is -2.33. The molecule has 1 aliphatic rings. The highest BCUT2D eigenvalue weighted by molar-refractivity contribution is 5.92. The van der Waals surface area contributed by atoms with Gasteiger partial charge in [-0.15, -0.1) is 0 Å². The van der Waals surface area contributed by atoms with Crippen molar-refractivity contribution in [2.75, 3.05) is 0 Å². The standard InChI is InChI=1S/C17H25N3O3/c1-17(2,3)23-16(22)20-13-9-5-4-8-12(13)19-15(21)14-10-6-7-11-18-14/h6-7,10-13H,4-5,8-9H2,1-3H3,(H,19,21)(H,20,22). The van der Waals surface area contributed by atoms with E-state index in [9.17, 15) is 9.59 Å². The van der Waals surface area contributed by atoms with E-state index in [4.69, 9.17) is 4.74 Å². The number of carbonyl (C=O) groups is 2. The van der Waals surface area contributed by atoms with Gasteiger partial charge in [-0.1, -0.05) is 18.9 Å². The van der Waals surface area contributed by atoms with Crippen LogP contribution in [0.1, 0.15) is 56.9 Å². The highest BCUT2D eigenvalue weighted by atomic mass is 16.6. The summed E-state index contributed by atoms with van der Waals surface area (Å²) in [6.07, 6.45) is 4.86. The fourth-order valence-electron chi connectivity index (χ4n) is 2.67. The highest BCUT2D eigenvalue weighted by Crippen LogP contribution is 2.19. The Morgan fingerprint density at radius 3 is 2.35 bits per heavy atom. The minimum absolute atomic E-state index is 0.106. The van der Waals surface area contributed by atoms with Crippen molar-refractivity contribution in [3.05, 3.63) is 30.1 Å². The molecule has 1 saturated carbocycles. The van der Waals surface area contributed by atoms with Gasteiger partial charge in [-0.3, -0.25) is 9.78 Å². The lowest BCUT2D eigenvalue weighted by atomic mass is 9.90. The third-order valence-corrected chi connectivity index (χ3v) is 3.68. The van der Waals surface area contributed by atoms with Gasteiger partial charge in [0.2, 0.25) is 0 Å². The van der Waals surface area contributed by atoms with Crippen LogP contribution in [0.3, 0.4) is 0 Å². The molecule has 0 radical (unpaired) electrons. The minimum Gasteiger partial charge on any atom is -0.444 e. The average molecular weight is 319 g/mol. The monoisotopic (exact) mass is 319 g/mol. The Hall–Kier alpha value is -2.11. The van der Waals surface area contributed by atoms with Gasteiger partial charge in [0.05, 0.1) is 6.04 Å². The van der Waals surface area contributed by atoms with Crippen molar-refractivity contribution in [2.45, 2.75) is 64.1 Å². The summed E-state index contributed by atoms with van der Waals surface area (Å²) in [6.45, 7) is 5.48. The summed E-state index contributed by atoms with van der Waals surface area (Å²) in [5.74, 6) is -0.214. The molecule has 6 nitrogen and oxygen atoms in total. The number of rotatable bonds is 3. The second-order valence-electron chi connectivity index (χ2n) is 6.83. The van der Waals surface area contributed by atoms with Gasteiger partial charge >= 0.3 is 6.09 Å². The quantitative estimate of drug-likeness (QED) is 0.897. The summed E-state index contributed by atoms with van der Waals surface area (Å²) in [6, 6.07) is 5.00. The fraction of sp³-hybridized carbons (Fsp3) is 0.588. The van der Waals surface area contributed by atoms with Crippen molar-refractivity contribution in [2.24, 2.45) is 0 Å². The number of ether oxygens (including phenoxy) is 1. The topological polar surface area (TPSA) is 80.3 Å². The van der Waals surface area contributed by atoms with Crippen LogP contribution in [-0.4, -0.2) is 34.7 Å².